The Labute approximate surface area is 732 Å². The highest BCUT2D eigenvalue weighted by Gasteiger charge is 2.35. The summed E-state index contributed by atoms with van der Waals surface area (Å²) < 4.78 is 116. The Balaban J connectivity index is 0.000000166. The first-order chi connectivity index (χ1) is 59.9. The molecular weight excluding hydrogens is 1650 g/mol. The largest absolute Gasteiger partial charge is 0.507 e. The highest BCUT2D eigenvalue weighted by Crippen LogP contribution is 2.43. The van der Waals surface area contributed by atoms with Crippen molar-refractivity contribution in [3.8, 4) is 28.7 Å². The zero-order valence-electron chi connectivity index (χ0n) is 73.9. The van der Waals surface area contributed by atoms with Gasteiger partial charge in [0.1, 0.15) is 116 Å². The molecule has 0 fully saturated rings. The summed E-state index contributed by atoms with van der Waals surface area (Å²) in [5, 5.41) is 49.1. The first kappa shape index (κ1) is 96.0. The van der Waals surface area contributed by atoms with Crippen molar-refractivity contribution in [1.82, 2.24) is 55.8 Å². The lowest BCUT2D eigenvalue weighted by molar-refractivity contribution is -0.144. The SMILES string of the molecule is C=CCc1cc(F)cc([C@@H](C)NC(=O)OC(C)(C)C)c1O.CCOC(=O)/C=C/Cc1cc(F)cc([C@@H](C)NC(=O)OC(C)(C)C)c1O.CCOC(=O)CC1Cc2cc(F)cc([C@@H](C)NC(=O)OC(C)(C)C)c2O1.C[C@H]1Nc2ccn3ncc(c3n2)C(=O)NCC[C@@H]2Cc3cc(F)cc1c3O2.C[C@H]1Nc2ccn3ncc(c3n2)C(=O)NCC[C@H]2Cc3cc(F)cc1c3O2. The molecule has 9 heterocycles. The lowest BCUT2D eigenvalue weighted by atomic mass is 10.0. The Morgan fingerprint density at radius 3 is 1.36 bits per heavy atom. The van der Waals surface area contributed by atoms with E-state index in [1.165, 1.54) is 79.1 Å². The number of amides is 5. The second-order valence-electron chi connectivity index (χ2n) is 33.9. The highest BCUT2D eigenvalue weighted by atomic mass is 19.1. The van der Waals surface area contributed by atoms with Crippen molar-refractivity contribution in [2.24, 2.45) is 0 Å². The van der Waals surface area contributed by atoms with E-state index < -0.39 is 82.7 Å². The smallest absolute Gasteiger partial charge is 0.408 e. The minimum atomic E-state index is -0.673. The van der Waals surface area contributed by atoms with Crippen LogP contribution in [0.4, 0.5) is 48.0 Å². The summed E-state index contributed by atoms with van der Waals surface area (Å²) in [7, 11) is 0. The molecule has 0 radical (unpaired) electrons. The number of halogens is 5. The number of phenols is 2. The lowest BCUT2D eigenvalue weighted by Crippen LogP contribution is -2.34. The Bertz CT molecular complexity index is 5400. The fourth-order valence-electron chi connectivity index (χ4n) is 14.4. The first-order valence-electron chi connectivity index (χ1n) is 41.8. The first-order valence-corrected chi connectivity index (χ1v) is 41.8. The van der Waals surface area contributed by atoms with Gasteiger partial charge in [-0.2, -0.15) is 10.2 Å². The number of ether oxygens (including phenoxy) is 8. The second kappa shape index (κ2) is 41.7. The molecule has 1 unspecified atom stereocenters. The topological polar surface area (TPSA) is 378 Å². The van der Waals surface area contributed by atoms with E-state index in [9.17, 15) is 65.7 Å². The van der Waals surface area contributed by atoms with Gasteiger partial charge in [0, 0.05) is 119 Å². The Kier molecular flexibility index (Phi) is 31.5. The third kappa shape index (κ3) is 26.4. The van der Waals surface area contributed by atoms with Crippen LogP contribution in [-0.4, -0.2) is 143 Å². The quantitative estimate of drug-likeness (QED) is 0.0151. The van der Waals surface area contributed by atoms with Gasteiger partial charge in [0.25, 0.3) is 11.8 Å². The van der Waals surface area contributed by atoms with Gasteiger partial charge < -0.3 is 85.3 Å². The van der Waals surface area contributed by atoms with E-state index in [4.69, 9.17) is 37.9 Å². The van der Waals surface area contributed by atoms with Crippen LogP contribution in [0, 0.1) is 29.1 Å². The second-order valence-corrected chi connectivity index (χ2v) is 33.9. The molecule has 127 heavy (non-hydrogen) atoms. The number of phenolic OH excluding ortho intramolecular Hbond substituents is 2. The summed E-state index contributed by atoms with van der Waals surface area (Å²) in [5.41, 5.74) is 5.56. The molecule has 0 aliphatic carbocycles. The fraction of sp³-hybridized carbons (Fsp3) is 0.424. The number of hydrogen-bond acceptors (Lipinski definition) is 23. The van der Waals surface area contributed by atoms with E-state index in [2.05, 4.69) is 64.0 Å². The Morgan fingerprint density at radius 1 is 0.551 bits per heavy atom. The van der Waals surface area contributed by atoms with Gasteiger partial charge in [0.05, 0.1) is 62.2 Å². The highest BCUT2D eigenvalue weighted by molar-refractivity contribution is 6.00. The Hall–Kier alpha value is -13.2. The van der Waals surface area contributed by atoms with E-state index in [1.54, 1.807) is 137 Å². The number of esters is 2. The number of hydrogen-bond donors (Lipinski definition) is 9. The van der Waals surface area contributed by atoms with Crippen molar-refractivity contribution in [3.63, 3.8) is 0 Å². The van der Waals surface area contributed by atoms with Gasteiger partial charge in [-0.1, -0.05) is 12.2 Å². The standard InChI is InChI=1S/2C19H18FN5O2.2C19H26FNO5.C16H22FNO3/c2*1-10-14-8-12(20)6-11-7-13(27-17(11)14)2-4-21-19(26)15-9-22-25-5-3-16(23-10)24-18(15)25;1-6-24-16(22)10-14-8-12-7-13(20)9-15(17(12)25-14)11(2)21-18(23)26-19(3,4)5;1-6-25-16(22)9-7-8-13-10-14(20)11-15(17(13)23)12(2)21-18(24)26-19(3,4)5;1-6-7-11-8-12(17)9-13(14(11)19)10(2)18-15(20)21-16(3,4)5/h2*3,5-6,8-10,13H,2,4,7H2,1H3,(H,21,26)(H,23,24);7,9,11,14H,6,8,10H2,1-5H3,(H,21,23);7,9-12,23H,6,8H2,1-5H3,(H,21,24);6,8-10,19H,1,7H2,2-5H3,(H,18,20)/b;;;9-7+;/t10-,13+;10-,13-;11-,14?;12-;10-/m11111/s1. The van der Waals surface area contributed by atoms with Crippen molar-refractivity contribution in [2.75, 3.05) is 36.9 Å². The zero-order valence-corrected chi connectivity index (χ0v) is 73.9. The van der Waals surface area contributed by atoms with Crippen molar-refractivity contribution >= 4 is 65.0 Å². The summed E-state index contributed by atoms with van der Waals surface area (Å²) in [6, 6.07) is 14.9. The van der Waals surface area contributed by atoms with E-state index >= 15 is 0 Å². The van der Waals surface area contributed by atoms with Crippen LogP contribution in [0.3, 0.4) is 0 Å². The van der Waals surface area contributed by atoms with Crippen LogP contribution in [0.25, 0.3) is 11.3 Å². The van der Waals surface area contributed by atoms with Crippen LogP contribution in [0.5, 0.6) is 28.7 Å². The molecule has 4 aromatic heterocycles. The third-order valence-electron chi connectivity index (χ3n) is 20.0. The van der Waals surface area contributed by atoms with Crippen molar-refractivity contribution in [1.29, 1.82) is 0 Å². The van der Waals surface area contributed by atoms with E-state index in [0.29, 0.717) is 126 Å². The van der Waals surface area contributed by atoms with Crippen LogP contribution in [0.1, 0.15) is 237 Å². The molecule has 680 valence electrons. The molecule has 0 saturated carbocycles. The maximum absolute atomic E-state index is 14.2. The molecule has 14 rings (SSSR count). The van der Waals surface area contributed by atoms with Crippen LogP contribution in [0.15, 0.2) is 122 Å². The van der Waals surface area contributed by atoms with E-state index in [-0.39, 0.29) is 90.2 Å². The number of benzene rings is 5. The van der Waals surface area contributed by atoms with E-state index in [0.717, 1.165) is 39.8 Å². The minimum absolute atomic E-state index is 0.0418. The predicted molar refractivity (Wildman–Crippen MR) is 462 cm³/mol. The van der Waals surface area contributed by atoms with Gasteiger partial charge in [-0.05, 0) is 196 Å². The number of anilines is 2. The van der Waals surface area contributed by atoms with Crippen LogP contribution < -0.4 is 51.4 Å². The molecule has 0 spiro atoms. The normalized spacial score (nSPS) is 17.3. The van der Waals surface area contributed by atoms with E-state index in [1.807, 2.05) is 13.8 Å². The van der Waals surface area contributed by atoms with Crippen molar-refractivity contribution in [2.45, 2.75) is 227 Å². The number of alkyl carbamates (subject to hydrolysis) is 3. The number of aromatic nitrogens is 6. The lowest BCUT2D eigenvalue weighted by Gasteiger charge is -2.23. The van der Waals surface area contributed by atoms with Gasteiger partial charge in [-0.25, -0.2) is 60.1 Å². The molecule has 5 aliphatic heterocycles. The molecule has 9 N–H and O–H groups in total. The molecule has 35 heteroatoms. The summed E-state index contributed by atoms with van der Waals surface area (Å²) in [5.74, 6) is -0.381. The maximum atomic E-state index is 14.2. The number of nitrogens with zero attached hydrogens (tertiary/aromatic N) is 6. The predicted octanol–water partition coefficient (Wildman–Crippen LogP) is 16.2. The monoisotopic (exact) mass is 1760 g/mol. The zero-order chi connectivity index (χ0) is 92.7. The molecule has 5 aromatic carbocycles. The number of aromatic hydroxyl groups is 2. The van der Waals surface area contributed by atoms with Crippen molar-refractivity contribution in [3.05, 3.63) is 218 Å². The van der Waals surface area contributed by atoms with Crippen molar-refractivity contribution < 1.29 is 104 Å². The molecule has 5 amide bonds. The molecule has 30 nitrogen and oxygen atoms in total. The molecule has 8 bridgehead atoms. The molecule has 8 atom stereocenters. The number of fused-ring (bicyclic) bond motifs is 5. The number of carbonyl (C=O) groups is 7. The molecule has 5 aliphatic rings. The van der Waals surface area contributed by atoms with Gasteiger partial charge in [0.2, 0.25) is 0 Å². The third-order valence-corrected chi connectivity index (χ3v) is 20.0. The van der Waals surface area contributed by atoms with Crippen LogP contribution in [0.2, 0.25) is 0 Å². The number of carbonyl (C=O) groups excluding carboxylic acids is 7. The number of rotatable bonds is 15. The van der Waals surface area contributed by atoms with Crippen LogP contribution in [-0.2, 0) is 65.4 Å². The van der Waals surface area contributed by atoms with Gasteiger partial charge in [-0.15, -0.1) is 6.58 Å². The average Bonchev–Trinajstić information content (AvgIpc) is 1.66. The summed E-state index contributed by atoms with van der Waals surface area (Å²) in [4.78, 5) is 92.6. The molecule has 0 saturated heterocycles. The average molecular weight is 1760 g/mol. The summed E-state index contributed by atoms with van der Waals surface area (Å²) in [6.07, 6.45) is 11.8. The molecule has 9 aromatic rings. The number of nitrogens with one attached hydrogen (secondary N) is 7. The minimum Gasteiger partial charge on any atom is -0.507 e. The van der Waals surface area contributed by atoms with Gasteiger partial charge >= 0.3 is 30.2 Å². The number of allylic oxidation sites excluding steroid dienone is 2. The Morgan fingerprint density at radius 2 is 0.945 bits per heavy atom. The van der Waals surface area contributed by atoms with Gasteiger partial charge in [-0.3, -0.25) is 14.4 Å². The van der Waals surface area contributed by atoms with Gasteiger partial charge in [0.15, 0.2) is 11.3 Å². The molecular formula is C92H110F5N13O17. The summed E-state index contributed by atoms with van der Waals surface area (Å²) in [6.45, 7) is 33.0. The van der Waals surface area contributed by atoms with Crippen LogP contribution >= 0.6 is 0 Å². The maximum Gasteiger partial charge on any atom is 0.408 e. The fourth-order valence-corrected chi connectivity index (χ4v) is 14.4. The summed E-state index contributed by atoms with van der Waals surface area (Å²) >= 11 is 0.